The second-order valence-electron chi connectivity index (χ2n) is 7.96. The third kappa shape index (κ3) is 5.09. The fourth-order valence-corrected chi connectivity index (χ4v) is 4.30. The number of rotatable bonds is 6. The van der Waals surface area contributed by atoms with Gasteiger partial charge in [-0.1, -0.05) is 41.4 Å². The van der Waals surface area contributed by atoms with Crippen LogP contribution in [0.25, 0.3) is 0 Å². The number of nitrogens with zero attached hydrogens (tertiary/aromatic N) is 3. The first-order valence-corrected chi connectivity index (χ1v) is 11.3. The van der Waals surface area contributed by atoms with Crippen molar-refractivity contribution in [3.05, 3.63) is 85.2 Å². The molecule has 0 aliphatic carbocycles. The van der Waals surface area contributed by atoms with Crippen molar-refractivity contribution >= 4 is 34.8 Å². The Labute approximate surface area is 197 Å². The maximum Gasteiger partial charge on any atom is 0.255 e. The van der Waals surface area contributed by atoms with Crippen molar-refractivity contribution in [2.45, 2.75) is 19.9 Å². The fraction of sp³-hybridized carbons (Fsp3) is 0.333. The van der Waals surface area contributed by atoms with Crippen molar-refractivity contribution in [1.82, 2.24) is 9.97 Å². The summed E-state index contributed by atoms with van der Waals surface area (Å²) in [6.45, 7) is 5.72. The summed E-state index contributed by atoms with van der Waals surface area (Å²) < 4.78 is 5.43. The third-order valence-corrected chi connectivity index (χ3v) is 6.45. The van der Waals surface area contributed by atoms with Crippen LogP contribution in [0.1, 0.15) is 22.4 Å². The number of benzene rings is 2. The van der Waals surface area contributed by atoms with E-state index in [4.69, 9.17) is 32.9 Å². The topological polar surface area (TPSA) is 61.5 Å². The Bertz CT molecular complexity index is 1120. The molecule has 8 heteroatoms. The second kappa shape index (κ2) is 9.94. The molecule has 6 nitrogen and oxygen atoms in total. The van der Waals surface area contributed by atoms with Crippen molar-refractivity contribution in [2.24, 2.45) is 0 Å². The monoisotopic (exact) mass is 472 g/mol. The van der Waals surface area contributed by atoms with Crippen LogP contribution in [0, 0.1) is 6.92 Å². The average molecular weight is 473 g/mol. The van der Waals surface area contributed by atoms with Gasteiger partial charge in [-0.3, -0.25) is 9.78 Å². The molecule has 1 aliphatic rings. The largest absolute Gasteiger partial charge is 0.378 e. The number of hydrogen-bond acceptors (Lipinski definition) is 5. The normalized spacial score (nSPS) is 13.9. The van der Waals surface area contributed by atoms with Crippen LogP contribution in [-0.4, -0.2) is 43.3 Å². The highest BCUT2D eigenvalue weighted by Crippen LogP contribution is 2.27. The highest BCUT2D eigenvalue weighted by atomic mass is 35.5. The van der Waals surface area contributed by atoms with Crippen LogP contribution in [0.2, 0.25) is 10.0 Å². The van der Waals surface area contributed by atoms with Gasteiger partial charge in [-0.05, 0) is 42.3 Å². The average Bonchev–Trinajstić information content (AvgIpc) is 2.80. The van der Waals surface area contributed by atoms with Crippen LogP contribution < -0.4 is 15.4 Å². The molecular weight excluding hydrogens is 447 g/mol. The van der Waals surface area contributed by atoms with Gasteiger partial charge in [0.05, 0.1) is 18.9 Å². The number of aromatic amines is 1. The zero-order chi connectivity index (χ0) is 22.7. The van der Waals surface area contributed by atoms with Gasteiger partial charge in [0.25, 0.3) is 5.56 Å². The van der Waals surface area contributed by atoms with Crippen molar-refractivity contribution in [1.29, 1.82) is 0 Å². The highest BCUT2D eigenvalue weighted by molar-refractivity contribution is 6.36. The van der Waals surface area contributed by atoms with Gasteiger partial charge < -0.3 is 14.5 Å². The number of hydrogen-bond donors (Lipinski definition) is 1. The van der Waals surface area contributed by atoms with Crippen molar-refractivity contribution in [2.75, 3.05) is 43.2 Å². The Kier molecular flexibility index (Phi) is 7.04. The standard InChI is InChI=1S/C24H26Cl2N4O2/c1-16-22(14-19-20(25)4-3-5-21(19)26)27-24(28-23(16)31)29(2)15-17-6-8-18(9-7-17)30-10-12-32-13-11-30/h3-9H,10-15H2,1-2H3,(H,27,28,31). The van der Waals surface area contributed by atoms with Crippen LogP contribution in [-0.2, 0) is 17.7 Å². The van der Waals surface area contributed by atoms with E-state index in [1.54, 1.807) is 25.1 Å². The van der Waals surface area contributed by atoms with Gasteiger partial charge in [-0.25, -0.2) is 4.98 Å². The van der Waals surface area contributed by atoms with Crippen LogP contribution >= 0.6 is 23.2 Å². The zero-order valence-electron chi connectivity index (χ0n) is 18.2. The SMILES string of the molecule is Cc1c(Cc2c(Cl)cccc2Cl)nc(N(C)Cc2ccc(N3CCOCC3)cc2)[nH]c1=O. The lowest BCUT2D eigenvalue weighted by Gasteiger charge is -2.29. The lowest BCUT2D eigenvalue weighted by atomic mass is 10.1. The third-order valence-electron chi connectivity index (χ3n) is 5.74. The Balaban J connectivity index is 1.52. The molecule has 0 spiro atoms. The summed E-state index contributed by atoms with van der Waals surface area (Å²) in [5.41, 5.74) is 4.15. The molecule has 1 aliphatic heterocycles. The van der Waals surface area contributed by atoms with Gasteiger partial charge in [0.1, 0.15) is 0 Å². The van der Waals surface area contributed by atoms with E-state index in [1.165, 1.54) is 5.69 Å². The maximum absolute atomic E-state index is 12.6. The Morgan fingerprint density at radius 3 is 2.41 bits per heavy atom. The first kappa shape index (κ1) is 22.6. The van der Waals surface area contributed by atoms with E-state index in [0.29, 0.717) is 40.2 Å². The van der Waals surface area contributed by atoms with Crippen LogP contribution in [0.3, 0.4) is 0 Å². The molecule has 1 aromatic heterocycles. The summed E-state index contributed by atoms with van der Waals surface area (Å²) in [5.74, 6) is 0.510. The van der Waals surface area contributed by atoms with Gasteiger partial charge in [-0.2, -0.15) is 0 Å². The number of halogens is 2. The molecule has 168 valence electrons. The van der Waals surface area contributed by atoms with Gasteiger partial charge in [-0.15, -0.1) is 0 Å². The lowest BCUT2D eigenvalue weighted by molar-refractivity contribution is 0.122. The summed E-state index contributed by atoms with van der Waals surface area (Å²) in [6.07, 6.45) is 0.392. The Morgan fingerprint density at radius 2 is 1.75 bits per heavy atom. The molecule has 1 fully saturated rings. The molecule has 0 radical (unpaired) electrons. The molecule has 1 N–H and O–H groups in total. The first-order chi connectivity index (χ1) is 15.4. The summed E-state index contributed by atoms with van der Waals surface area (Å²) >= 11 is 12.7. The number of anilines is 2. The van der Waals surface area contributed by atoms with E-state index in [9.17, 15) is 4.79 Å². The van der Waals surface area contributed by atoms with E-state index in [0.717, 1.165) is 37.4 Å². The molecule has 0 bridgehead atoms. The molecule has 2 heterocycles. The van der Waals surface area contributed by atoms with E-state index >= 15 is 0 Å². The molecule has 0 atom stereocenters. The van der Waals surface area contributed by atoms with E-state index in [2.05, 4.69) is 34.1 Å². The van der Waals surface area contributed by atoms with Gasteiger partial charge in [0, 0.05) is 54.4 Å². The molecule has 0 unspecified atom stereocenters. The minimum Gasteiger partial charge on any atom is -0.378 e. The molecule has 4 rings (SSSR count). The summed E-state index contributed by atoms with van der Waals surface area (Å²) in [6, 6.07) is 13.9. The maximum atomic E-state index is 12.6. The number of nitrogens with one attached hydrogen (secondary N) is 1. The number of ether oxygens (including phenoxy) is 1. The molecule has 1 saturated heterocycles. The fourth-order valence-electron chi connectivity index (χ4n) is 3.77. The highest BCUT2D eigenvalue weighted by Gasteiger charge is 2.15. The molecule has 0 amide bonds. The molecule has 3 aromatic rings. The Hall–Kier alpha value is -2.54. The van der Waals surface area contributed by atoms with Gasteiger partial charge >= 0.3 is 0 Å². The minimum atomic E-state index is -0.164. The molecule has 0 saturated carbocycles. The summed E-state index contributed by atoms with van der Waals surface area (Å²) in [7, 11) is 1.91. The summed E-state index contributed by atoms with van der Waals surface area (Å²) in [5, 5.41) is 1.13. The van der Waals surface area contributed by atoms with Gasteiger partial charge in [0.15, 0.2) is 0 Å². The second-order valence-corrected chi connectivity index (χ2v) is 8.77. The predicted octanol–water partition coefficient (Wildman–Crippen LogP) is 4.45. The van der Waals surface area contributed by atoms with Crippen LogP contribution in [0.5, 0.6) is 0 Å². The number of morpholine rings is 1. The summed E-state index contributed by atoms with van der Waals surface area (Å²) in [4.78, 5) is 24.5. The first-order valence-electron chi connectivity index (χ1n) is 10.6. The van der Waals surface area contributed by atoms with Crippen LogP contribution in [0.4, 0.5) is 11.6 Å². The molecular formula is C24H26Cl2N4O2. The quantitative estimate of drug-likeness (QED) is 0.574. The van der Waals surface area contributed by atoms with Crippen molar-refractivity contribution in [3.8, 4) is 0 Å². The smallest absolute Gasteiger partial charge is 0.255 e. The van der Waals surface area contributed by atoms with E-state index in [-0.39, 0.29) is 5.56 Å². The zero-order valence-corrected chi connectivity index (χ0v) is 19.7. The van der Waals surface area contributed by atoms with Crippen LogP contribution in [0.15, 0.2) is 47.3 Å². The van der Waals surface area contributed by atoms with Gasteiger partial charge in [0.2, 0.25) is 5.95 Å². The number of H-pyrrole nitrogens is 1. The van der Waals surface area contributed by atoms with E-state index in [1.807, 2.05) is 11.9 Å². The minimum absolute atomic E-state index is 0.164. The Morgan fingerprint density at radius 1 is 1.09 bits per heavy atom. The predicted molar refractivity (Wildman–Crippen MR) is 130 cm³/mol. The van der Waals surface area contributed by atoms with Crippen molar-refractivity contribution in [3.63, 3.8) is 0 Å². The van der Waals surface area contributed by atoms with E-state index < -0.39 is 0 Å². The molecule has 2 aromatic carbocycles. The van der Waals surface area contributed by atoms with Crippen molar-refractivity contribution < 1.29 is 4.74 Å². The number of aromatic nitrogens is 2. The molecule has 32 heavy (non-hydrogen) atoms. The lowest BCUT2D eigenvalue weighted by Crippen LogP contribution is -2.36.